The van der Waals surface area contributed by atoms with Crippen LogP contribution < -0.4 is 162 Å². The first-order valence-electron chi connectivity index (χ1n) is 4.22. The van der Waals surface area contributed by atoms with E-state index in [0.29, 0.717) is 12.8 Å². The minimum absolute atomic E-state index is 0. The van der Waals surface area contributed by atoms with Crippen LogP contribution in [0.1, 0.15) is 18.5 Å². The molecule has 0 aromatic carbocycles. The number of fused-ring (bicyclic) bond motifs is 2. The maximum atomic E-state index is 10.8. The zero-order valence-electron chi connectivity index (χ0n) is 14.8. The Morgan fingerprint density at radius 2 is 1.24 bits per heavy atom. The summed E-state index contributed by atoms with van der Waals surface area (Å²) in [5.74, 6) is -3.81. The van der Waals surface area contributed by atoms with Gasteiger partial charge in [-0.1, -0.05) is 0 Å². The van der Waals surface area contributed by atoms with Gasteiger partial charge in [-0.25, -0.2) is 0 Å². The Bertz CT molecular complexity index is 267. The van der Waals surface area contributed by atoms with Gasteiger partial charge in [0.2, 0.25) is 0 Å². The molecule has 2 N–H and O–H groups in total. The molecule has 2 heterocycles. The van der Waals surface area contributed by atoms with Crippen molar-refractivity contribution in [3.05, 3.63) is 0 Å². The molecule has 2 saturated heterocycles. The summed E-state index contributed by atoms with van der Waals surface area (Å²) in [5.41, 5.74) is 0. The van der Waals surface area contributed by atoms with Crippen molar-refractivity contribution in [1.29, 1.82) is 0 Å². The molecule has 2 aliphatic heterocycles. The van der Waals surface area contributed by atoms with Gasteiger partial charge in [0.15, 0.2) is 0 Å². The molecular formula is C8H14K2Na2O5. The van der Waals surface area contributed by atoms with Crippen molar-refractivity contribution in [2.75, 3.05) is 0 Å². The van der Waals surface area contributed by atoms with Gasteiger partial charge in [-0.05, 0) is 12.8 Å². The molecule has 2 aliphatic rings. The summed E-state index contributed by atoms with van der Waals surface area (Å²) in [7, 11) is 0. The van der Waals surface area contributed by atoms with Gasteiger partial charge in [0.25, 0.3) is 0 Å². The number of carboxylic acid groups (broad SMARTS) is 2. The molecule has 2 fully saturated rings. The van der Waals surface area contributed by atoms with Crippen LogP contribution in [-0.2, 0) is 14.3 Å². The maximum Gasteiger partial charge on any atom is 1.00 e. The first-order chi connectivity index (χ1) is 6.11. The van der Waals surface area contributed by atoms with E-state index >= 15 is 0 Å². The molecule has 17 heavy (non-hydrogen) atoms. The molecule has 80 valence electrons. The van der Waals surface area contributed by atoms with Crippen molar-refractivity contribution in [3.63, 3.8) is 0 Å². The average Bonchev–Trinajstić information content (AvgIpc) is 2.60. The summed E-state index contributed by atoms with van der Waals surface area (Å²) >= 11 is 0. The fourth-order valence-corrected chi connectivity index (χ4v) is 2.31. The standard InChI is InChI=1S/C8H10O5.2K.2Na.4H/c9-7(10)5-3-1-2-4(13-3)6(5)8(11)12;;;;;;;;/h3-6H,1-2H2,(H,9,10)(H,11,12);;;;;;;;/q;4*+1;4*-1. The Morgan fingerprint density at radius 1 is 0.941 bits per heavy atom. The Kier molecular flexibility index (Phi) is 18.0. The molecule has 0 saturated carbocycles. The Labute approximate surface area is 235 Å². The number of carbonyl (C=O) groups is 2. The summed E-state index contributed by atoms with van der Waals surface area (Å²) in [6.45, 7) is 0. The molecule has 0 aromatic rings. The summed E-state index contributed by atoms with van der Waals surface area (Å²) in [5, 5.41) is 17.6. The third-order valence-corrected chi connectivity index (χ3v) is 2.84. The third-order valence-electron chi connectivity index (χ3n) is 2.84. The fourth-order valence-electron chi connectivity index (χ4n) is 2.31. The molecule has 2 bridgehead atoms. The molecule has 4 unspecified atom stereocenters. The molecule has 2 rings (SSSR count). The van der Waals surface area contributed by atoms with Gasteiger partial charge in [0, 0.05) is 0 Å². The van der Waals surface area contributed by atoms with E-state index in [1.54, 1.807) is 0 Å². The van der Waals surface area contributed by atoms with Crippen molar-refractivity contribution in [2.24, 2.45) is 11.8 Å². The van der Waals surface area contributed by atoms with Crippen molar-refractivity contribution >= 4 is 11.9 Å². The Morgan fingerprint density at radius 3 is 1.47 bits per heavy atom. The SMILES string of the molecule is O=C(O)C1C2CCC(O2)C1C(=O)O.[H-].[H-].[H-].[H-].[K+].[K+].[Na+].[Na+]. The van der Waals surface area contributed by atoms with Gasteiger partial charge in [-0.3, -0.25) is 9.59 Å². The topological polar surface area (TPSA) is 83.8 Å². The smallest absolute Gasteiger partial charge is 1.00 e. The molecule has 0 spiro atoms. The number of hydrogen-bond acceptors (Lipinski definition) is 3. The first-order valence-corrected chi connectivity index (χ1v) is 4.22. The van der Waals surface area contributed by atoms with Crippen molar-refractivity contribution in [2.45, 2.75) is 25.0 Å². The largest absolute Gasteiger partial charge is 1.00 e. The molecule has 0 aliphatic carbocycles. The van der Waals surface area contributed by atoms with Crippen LogP contribution in [0.4, 0.5) is 0 Å². The van der Waals surface area contributed by atoms with Crippen LogP contribution in [0.15, 0.2) is 0 Å². The minimum atomic E-state index is -1.06. The van der Waals surface area contributed by atoms with Crippen LogP contribution in [0, 0.1) is 11.8 Å². The summed E-state index contributed by atoms with van der Waals surface area (Å²) < 4.78 is 5.26. The molecular weight excluding hydrogens is 300 g/mol. The van der Waals surface area contributed by atoms with Gasteiger partial charge >= 0.3 is 174 Å². The van der Waals surface area contributed by atoms with Gasteiger partial charge in [-0.15, -0.1) is 0 Å². The first kappa shape index (κ1) is 26.1. The average molecular weight is 314 g/mol. The normalized spacial score (nSPS) is 32.2. The van der Waals surface area contributed by atoms with E-state index in [2.05, 4.69) is 0 Å². The van der Waals surface area contributed by atoms with E-state index in [1.807, 2.05) is 0 Å². The van der Waals surface area contributed by atoms with Crippen LogP contribution in [0.5, 0.6) is 0 Å². The number of carboxylic acids is 2. The van der Waals surface area contributed by atoms with Crippen LogP contribution >= 0.6 is 0 Å². The maximum absolute atomic E-state index is 10.8. The predicted octanol–water partition coefficient (Wildman–Crippen LogP) is -11.6. The van der Waals surface area contributed by atoms with Crippen molar-refractivity contribution in [1.82, 2.24) is 0 Å². The Hall–Kier alpha value is 4.17. The van der Waals surface area contributed by atoms with Gasteiger partial charge in [-0.2, -0.15) is 0 Å². The summed E-state index contributed by atoms with van der Waals surface area (Å²) in [6, 6.07) is 0. The number of aliphatic carboxylic acids is 2. The van der Waals surface area contributed by atoms with E-state index in [9.17, 15) is 9.59 Å². The second kappa shape index (κ2) is 11.7. The molecule has 0 aromatic heterocycles. The molecule has 9 heteroatoms. The summed E-state index contributed by atoms with van der Waals surface area (Å²) in [4.78, 5) is 21.5. The monoisotopic (exact) mass is 314 g/mol. The van der Waals surface area contributed by atoms with Crippen LogP contribution in [0.2, 0.25) is 0 Å². The molecule has 0 amide bonds. The van der Waals surface area contributed by atoms with Crippen LogP contribution in [0.25, 0.3) is 0 Å². The molecule has 0 radical (unpaired) electrons. The fraction of sp³-hybridized carbons (Fsp3) is 0.750. The van der Waals surface area contributed by atoms with E-state index in [0.717, 1.165) is 0 Å². The predicted molar refractivity (Wildman–Crippen MR) is 44.6 cm³/mol. The van der Waals surface area contributed by atoms with E-state index in [-0.39, 0.29) is 180 Å². The van der Waals surface area contributed by atoms with Crippen LogP contribution in [0.3, 0.4) is 0 Å². The van der Waals surface area contributed by atoms with Gasteiger partial charge in [0.05, 0.1) is 24.0 Å². The van der Waals surface area contributed by atoms with Gasteiger partial charge in [0.1, 0.15) is 0 Å². The molecule has 4 atom stereocenters. The zero-order chi connectivity index (χ0) is 9.59. The second-order valence-electron chi connectivity index (χ2n) is 3.52. The number of hydrogen-bond donors (Lipinski definition) is 2. The van der Waals surface area contributed by atoms with E-state index < -0.39 is 23.8 Å². The quantitative estimate of drug-likeness (QED) is 0.495. The molecule has 5 nitrogen and oxygen atoms in total. The third kappa shape index (κ3) is 6.05. The van der Waals surface area contributed by atoms with Gasteiger partial charge < -0.3 is 20.7 Å². The van der Waals surface area contributed by atoms with E-state index in [1.165, 1.54) is 0 Å². The van der Waals surface area contributed by atoms with Crippen molar-refractivity contribution in [3.8, 4) is 0 Å². The zero-order valence-corrected chi connectivity index (χ0v) is 21.1. The van der Waals surface area contributed by atoms with Crippen molar-refractivity contribution < 1.29 is 192 Å². The van der Waals surface area contributed by atoms with E-state index in [4.69, 9.17) is 14.9 Å². The second-order valence-corrected chi connectivity index (χ2v) is 3.52. The number of ether oxygens (including phenoxy) is 1. The minimum Gasteiger partial charge on any atom is -1.00 e. The number of rotatable bonds is 2. The summed E-state index contributed by atoms with van der Waals surface area (Å²) in [6.07, 6.45) is 0.573. The Balaban J connectivity index is -0.0000000490. The van der Waals surface area contributed by atoms with Crippen LogP contribution in [-0.4, -0.2) is 34.4 Å².